The molecule has 220 valence electrons. The number of carbonyl (C=O) groups excluding carboxylic acids is 3. The maximum atomic E-state index is 14.9. The Bertz CT molecular complexity index is 989. The Morgan fingerprint density at radius 2 is 1.74 bits per heavy atom. The van der Waals surface area contributed by atoms with Crippen LogP contribution in [-0.4, -0.2) is 91.9 Å². The van der Waals surface area contributed by atoms with Crippen LogP contribution in [0.25, 0.3) is 0 Å². The Balaban J connectivity index is 2.20. The number of carbonyl (C=O) groups is 3. The van der Waals surface area contributed by atoms with Gasteiger partial charge in [0.25, 0.3) is 0 Å². The molecule has 1 spiro atoms. The molecule has 3 rings (SSSR count). The van der Waals surface area contributed by atoms with Gasteiger partial charge in [-0.1, -0.05) is 53.7 Å². The lowest BCUT2D eigenvalue weighted by atomic mass is 9.65. The lowest BCUT2D eigenvalue weighted by molar-refractivity contribution is -0.150. The number of nitrogens with zero attached hydrogens (tertiary/aromatic N) is 3. The van der Waals surface area contributed by atoms with E-state index in [0.717, 1.165) is 12.8 Å². The van der Waals surface area contributed by atoms with Crippen molar-refractivity contribution in [3.8, 4) is 0 Å². The molecule has 0 aromatic rings. The van der Waals surface area contributed by atoms with Gasteiger partial charge in [0.15, 0.2) is 0 Å². The van der Waals surface area contributed by atoms with Gasteiger partial charge in [0.1, 0.15) is 6.04 Å². The number of hydrogen-bond acceptors (Lipinski definition) is 5. The topological polar surface area (TPSA) is 81.2 Å². The van der Waals surface area contributed by atoms with Crippen LogP contribution in [0.2, 0.25) is 0 Å². The van der Waals surface area contributed by atoms with Gasteiger partial charge in [-0.15, -0.1) is 24.9 Å². The summed E-state index contributed by atoms with van der Waals surface area (Å²) in [4.78, 5) is 48.4. The Hall–Kier alpha value is -1.80. The van der Waals surface area contributed by atoms with Crippen LogP contribution in [0.15, 0.2) is 25.3 Å². The standard InChI is InChI=1S/C31H51N3O4S/c1-12-14-32(11)26(36)23-22-16-20(5)31(39-22)24(23)27(37)34(21(17-35)19(3)4)25(31)28(38)33(15-13-2)30(9,10)18-29(6,7)8/h12-13,19-25,35H,1-2,14-18H2,3-11H3/t20?,21-,22-,23+,24-,25?,31?/m0/s1. The van der Waals surface area contributed by atoms with Crippen molar-refractivity contribution >= 4 is 29.5 Å². The number of amides is 3. The van der Waals surface area contributed by atoms with Crippen molar-refractivity contribution < 1.29 is 19.5 Å². The highest BCUT2D eigenvalue weighted by Crippen LogP contribution is 2.69. The zero-order valence-corrected chi connectivity index (χ0v) is 26.4. The van der Waals surface area contributed by atoms with E-state index in [0.29, 0.717) is 13.1 Å². The molecule has 39 heavy (non-hydrogen) atoms. The van der Waals surface area contributed by atoms with Crippen molar-refractivity contribution in [1.29, 1.82) is 0 Å². The number of aliphatic hydroxyl groups is 1. The largest absolute Gasteiger partial charge is 0.394 e. The molecule has 3 fully saturated rings. The van der Waals surface area contributed by atoms with Crippen LogP contribution < -0.4 is 0 Å². The summed E-state index contributed by atoms with van der Waals surface area (Å²) >= 11 is 1.68. The summed E-state index contributed by atoms with van der Waals surface area (Å²) in [6.07, 6.45) is 4.99. The first-order chi connectivity index (χ1) is 18.0. The smallest absolute Gasteiger partial charge is 0.247 e. The molecule has 1 N–H and O–H groups in total. The Morgan fingerprint density at radius 1 is 1.15 bits per heavy atom. The molecular formula is C31H51N3O4S. The molecular weight excluding hydrogens is 510 g/mol. The quantitative estimate of drug-likeness (QED) is 0.382. The maximum absolute atomic E-state index is 14.9. The Kier molecular flexibility index (Phi) is 9.13. The molecule has 3 aliphatic rings. The predicted octanol–water partition coefficient (Wildman–Crippen LogP) is 4.21. The van der Waals surface area contributed by atoms with E-state index >= 15 is 0 Å². The summed E-state index contributed by atoms with van der Waals surface area (Å²) in [5.74, 6) is -1.42. The molecule has 3 heterocycles. The highest BCUT2D eigenvalue weighted by molar-refractivity contribution is 8.02. The van der Waals surface area contributed by atoms with Gasteiger partial charge in [-0.3, -0.25) is 14.4 Å². The third-order valence-electron chi connectivity index (χ3n) is 9.07. The lowest BCUT2D eigenvalue weighted by Gasteiger charge is -2.48. The second kappa shape index (κ2) is 11.2. The van der Waals surface area contributed by atoms with Gasteiger partial charge in [0, 0.05) is 30.9 Å². The number of thioether (sulfide) groups is 1. The third-order valence-corrected chi connectivity index (χ3v) is 11.1. The zero-order valence-electron chi connectivity index (χ0n) is 25.6. The zero-order chi connectivity index (χ0) is 29.7. The molecule has 0 radical (unpaired) electrons. The van der Waals surface area contributed by atoms with Crippen LogP contribution in [0.4, 0.5) is 0 Å². The molecule has 0 aromatic carbocycles. The minimum atomic E-state index is -0.763. The van der Waals surface area contributed by atoms with Crippen LogP contribution in [0.1, 0.15) is 68.2 Å². The van der Waals surface area contributed by atoms with Gasteiger partial charge in [0.05, 0.1) is 29.2 Å². The van der Waals surface area contributed by atoms with Crippen LogP contribution in [0.3, 0.4) is 0 Å². The van der Waals surface area contributed by atoms with Crippen molar-refractivity contribution in [3.05, 3.63) is 25.3 Å². The molecule has 3 amide bonds. The molecule has 7 atom stereocenters. The third kappa shape index (κ3) is 5.32. The van der Waals surface area contributed by atoms with E-state index in [1.807, 2.05) is 18.7 Å². The van der Waals surface area contributed by atoms with Crippen molar-refractivity contribution in [3.63, 3.8) is 0 Å². The van der Waals surface area contributed by atoms with E-state index in [4.69, 9.17) is 0 Å². The molecule has 0 aromatic heterocycles. The Morgan fingerprint density at radius 3 is 2.23 bits per heavy atom. The molecule has 0 saturated carbocycles. The minimum Gasteiger partial charge on any atom is -0.394 e. The first-order valence-electron chi connectivity index (χ1n) is 14.4. The average Bonchev–Trinajstić information content (AvgIpc) is 3.39. The lowest BCUT2D eigenvalue weighted by Crippen LogP contribution is -2.63. The first-order valence-corrected chi connectivity index (χ1v) is 15.3. The number of fused-ring (bicyclic) bond motifs is 1. The molecule has 8 heteroatoms. The highest BCUT2D eigenvalue weighted by Gasteiger charge is 2.77. The van der Waals surface area contributed by atoms with Crippen molar-refractivity contribution in [2.75, 3.05) is 26.7 Å². The van der Waals surface area contributed by atoms with E-state index < -0.39 is 34.2 Å². The monoisotopic (exact) mass is 561 g/mol. The summed E-state index contributed by atoms with van der Waals surface area (Å²) in [5, 5.41) is 10.5. The fraction of sp³-hybridized carbons (Fsp3) is 0.774. The minimum absolute atomic E-state index is 0.0202. The van der Waals surface area contributed by atoms with Crippen LogP contribution in [0, 0.1) is 29.1 Å². The Labute approximate surface area is 240 Å². The SMILES string of the molecule is C=CCN(C)C(=O)[C@@H]1[C@@H]2CC(C)C3(S2)C(C(=O)N(CC=C)C(C)(C)CC(C)(C)C)N([C@@H](CO)C(C)C)C(=O)[C@H]13. The van der Waals surface area contributed by atoms with E-state index in [1.165, 1.54) is 0 Å². The highest BCUT2D eigenvalue weighted by atomic mass is 32.2. The molecule has 3 unspecified atom stereocenters. The summed E-state index contributed by atoms with van der Waals surface area (Å²) < 4.78 is -0.728. The van der Waals surface area contributed by atoms with E-state index in [1.54, 1.807) is 40.8 Å². The van der Waals surface area contributed by atoms with Crippen LogP contribution in [-0.2, 0) is 14.4 Å². The van der Waals surface area contributed by atoms with Crippen LogP contribution >= 0.6 is 11.8 Å². The number of hydrogen-bond donors (Lipinski definition) is 1. The molecule has 7 nitrogen and oxygen atoms in total. The fourth-order valence-corrected chi connectivity index (χ4v) is 10.2. The summed E-state index contributed by atoms with van der Waals surface area (Å²) in [6.45, 7) is 25.0. The van der Waals surface area contributed by atoms with E-state index in [-0.39, 0.29) is 46.8 Å². The molecule has 0 aliphatic carbocycles. The molecule has 2 bridgehead atoms. The first kappa shape index (κ1) is 31.7. The van der Waals surface area contributed by atoms with Crippen LogP contribution in [0.5, 0.6) is 0 Å². The predicted molar refractivity (Wildman–Crippen MR) is 159 cm³/mol. The van der Waals surface area contributed by atoms with Gasteiger partial charge in [-0.05, 0) is 43.9 Å². The maximum Gasteiger partial charge on any atom is 0.247 e. The number of rotatable bonds is 11. The fourth-order valence-electron chi connectivity index (χ4n) is 7.84. The van der Waals surface area contributed by atoms with Gasteiger partial charge < -0.3 is 19.8 Å². The van der Waals surface area contributed by atoms with E-state index in [9.17, 15) is 19.5 Å². The van der Waals surface area contributed by atoms with Gasteiger partial charge in [0.2, 0.25) is 17.7 Å². The number of likely N-dealkylation sites (N-methyl/N-ethyl adjacent to an activating group) is 1. The molecule has 3 aliphatic heterocycles. The van der Waals surface area contributed by atoms with Gasteiger partial charge in [-0.2, -0.15) is 0 Å². The summed E-state index contributed by atoms with van der Waals surface area (Å²) in [7, 11) is 1.75. The van der Waals surface area contributed by atoms with Gasteiger partial charge >= 0.3 is 0 Å². The number of likely N-dealkylation sites (tertiary alicyclic amines) is 1. The average molecular weight is 562 g/mol. The molecule has 3 saturated heterocycles. The second-order valence-corrected chi connectivity index (χ2v) is 15.6. The summed E-state index contributed by atoms with van der Waals surface area (Å²) in [5.41, 5.74) is -0.523. The van der Waals surface area contributed by atoms with Gasteiger partial charge in [-0.25, -0.2) is 0 Å². The van der Waals surface area contributed by atoms with Crippen molar-refractivity contribution in [2.45, 2.75) is 95.9 Å². The number of aliphatic hydroxyl groups excluding tert-OH is 1. The summed E-state index contributed by atoms with van der Waals surface area (Å²) in [6, 6.07) is -1.28. The second-order valence-electron chi connectivity index (χ2n) is 14.1. The van der Waals surface area contributed by atoms with Crippen molar-refractivity contribution in [1.82, 2.24) is 14.7 Å². The van der Waals surface area contributed by atoms with E-state index in [2.05, 4.69) is 54.7 Å². The van der Waals surface area contributed by atoms with Crippen molar-refractivity contribution in [2.24, 2.45) is 29.1 Å². The normalized spacial score (nSPS) is 30.9.